The molecule has 0 fully saturated rings. The van der Waals surface area contributed by atoms with E-state index in [0.717, 1.165) is 5.69 Å². The van der Waals surface area contributed by atoms with Crippen molar-refractivity contribution in [3.05, 3.63) is 221 Å². The van der Waals surface area contributed by atoms with E-state index in [1.807, 2.05) is 11.3 Å². The number of nitrogens with zero attached hydrogens (tertiary/aromatic N) is 1. The van der Waals surface area contributed by atoms with E-state index in [1.54, 1.807) is 0 Å². The summed E-state index contributed by atoms with van der Waals surface area (Å²) in [6.45, 7) is 6.73. The minimum absolute atomic E-state index is 0.523. The molecule has 58 heavy (non-hydrogen) atoms. The molecule has 2 aliphatic rings. The van der Waals surface area contributed by atoms with Crippen molar-refractivity contribution < 1.29 is 0 Å². The van der Waals surface area contributed by atoms with Crippen LogP contribution in [-0.4, -0.2) is 0 Å². The third kappa shape index (κ3) is 4.47. The molecule has 0 atom stereocenters. The number of fused-ring (bicyclic) bond motifs is 15. The first-order chi connectivity index (χ1) is 28.5. The number of benzene rings is 9. The molecule has 12 rings (SSSR count). The van der Waals surface area contributed by atoms with Crippen LogP contribution in [0.25, 0.3) is 64.3 Å². The molecule has 274 valence electrons. The van der Waals surface area contributed by atoms with Gasteiger partial charge in [-0.2, -0.15) is 0 Å². The number of aryl methyl sites for hydroxylation is 3. The van der Waals surface area contributed by atoms with E-state index in [4.69, 9.17) is 0 Å². The first kappa shape index (κ1) is 33.4. The standard InChI is InChI=1S/C56H39NS/c1-34-30-35(2)53(36(3)31-34)37-28-29-45-48(32-37)56(46-24-12-9-18-39(46)40-19-10-13-25-47(40)56)49-33-51(41-20-7-8-22-43(41)54(45)49)57(38-16-5-4-6-17-38)50-26-15-23-44-42-21-11-14-27-52(42)58-55(44)50/h4-33H,1-3H3. The fraction of sp³-hybridized carbons (Fsp3) is 0.0714. The lowest BCUT2D eigenvalue weighted by molar-refractivity contribution is 0.794. The highest BCUT2D eigenvalue weighted by molar-refractivity contribution is 7.26. The summed E-state index contributed by atoms with van der Waals surface area (Å²) in [5.41, 5.74) is 20.2. The zero-order valence-corrected chi connectivity index (χ0v) is 33.5. The zero-order valence-electron chi connectivity index (χ0n) is 32.7. The summed E-state index contributed by atoms with van der Waals surface area (Å²) < 4.78 is 2.60. The van der Waals surface area contributed by atoms with Crippen LogP contribution in [0.3, 0.4) is 0 Å². The van der Waals surface area contributed by atoms with Crippen LogP contribution >= 0.6 is 11.3 Å². The Labute approximate surface area is 343 Å². The number of rotatable bonds is 4. The third-order valence-corrected chi connectivity index (χ3v) is 14.1. The highest BCUT2D eigenvalue weighted by atomic mass is 32.1. The molecule has 0 saturated heterocycles. The molecule has 0 aliphatic heterocycles. The zero-order chi connectivity index (χ0) is 38.7. The Morgan fingerprint density at radius 2 is 1.03 bits per heavy atom. The van der Waals surface area contributed by atoms with Crippen molar-refractivity contribution in [2.24, 2.45) is 0 Å². The van der Waals surface area contributed by atoms with Crippen LogP contribution in [-0.2, 0) is 5.41 Å². The number of hydrogen-bond acceptors (Lipinski definition) is 2. The summed E-state index contributed by atoms with van der Waals surface area (Å²) >= 11 is 1.89. The Hall–Kier alpha value is -6.74. The molecule has 2 aliphatic carbocycles. The molecule has 1 aromatic heterocycles. The van der Waals surface area contributed by atoms with Gasteiger partial charge in [0.15, 0.2) is 0 Å². The van der Waals surface area contributed by atoms with Gasteiger partial charge in [0.1, 0.15) is 0 Å². The van der Waals surface area contributed by atoms with Crippen LogP contribution in [0.15, 0.2) is 182 Å². The number of hydrogen-bond donors (Lipinski definition) is 0. The minimum atomic E-state index is -0.523. The molecule has 0 saturated carbocycles. The van der Waals surface area contributed by atoms with E-state index < -0.39 is 5.41 Å². The van der Waals surface area contributed by atoms with Crippen LogP contribution in [0, 0.1) is 20.8 Å². The second-order valence-corrected chi connectivity index (χ2v) is 17.2. The quantitative estimate of drug-likeness (QED) is 0.173. The molecule has 0 amide bonds. The first-order valence-electron chi connectivity index (χ1n) is 20.3. The Morgan fingerprint density at radius 1 is 0.414 bits per heavy atom. The van der Waals surface area contributed by atoms with Crippen molar-refractivity contribution in [2.75, 3.05) is 4.90 Å². The average Bonchev–Trinajstić information content (AvgIpc) is 3.88. The highest BCUT2D eigenvalue weighted by Gasteiger charge is 2.52. The van der Waals surface area contributed by atoms with E-state index in [9.17, 15) is 0 Å². The van der Waals surface area contributed by atoms with Crippen LogP contribution in [0.1, 0.15) is 38.9 Å². The molecule has 0 radical (unpaired) electrons. The predicted octanol–water partition coefficient (Wildman–Crippen LogP) is 15.6. The molecule has 9 aromatic carbocycles. The van der Waals surface area contributed by atoms with Gasteiger partial charge < -0.3 is 4.90 Å². The predicted molar refractivity (Wildman–Crippen MR) is 247 cm³/mol. The second kappa shape index (κ2) is 12.4. The largest absolute Gasteiger partial charge is 0.308 e. The lowest BCUT2D eigenvalue weighted by Gasteiger charge is -2.33. The maximum absolute atomic E-state index is 2.57. The van der Waals surface area contributed by atoms with Crippen LogP contribution in [0.4, 0.5) is 17.1 Å². The van der Waals surface area contributed by atoms with Gasteiger partial charge in [0.25, 0.3) is 0 Å². The molecule has 1 heterocycles. The summed E-state index contributed by atoms with van der Waals surface area (Å²) in [5, 5.41) is 5.11. The number of thiophene rings is 1. The van der Waals surface area contributed by atoms with Crippen molar-refractivity contribution >= 4 is 59.3 Å². The fourth-order valence-corrected chi connectivity index (χ4v) is 12.1. The smallest absolute Gasteiger partial charge is 0.0726 e. The fourth-order valence-electron chi connectivity index (χ4n) is 10.8. The monoisotopic (exact) mass is 757 g/mol. The number of anilines is 3. The molecule has 2 heteroatoms. The van der Waals surface area contributed by atoms with Gasteiger partial charge in [-0.1, -0.05) is 151 Å². The highest BCUT2D eigenvalue weighted by Crippen LogP contribution is 2.65. The molecular weight excluding hydrogens is 719 g/mol. The molecule has 1 nitrogen and oxygen atoms in total. The number of para-hydroxylation sites is 1. The summed E-state index contributed by atoms with van der Waals surface area (Å²) in [5.74, 6) is 0. The Balaban J connectivity index is 1.23. The van der Waals surface area contributed by atoms with Crippen molar-refractivity contribution in [3.8, 4) is 33.4 Å². The van der Waals surface area contributed by atoms with Crippen molar-refractivity contribution in [1.82, 2.24) is 0 Å². The summed E-state index contributed by atoms with van der Waals surface area (Å²) in [7, 11) is 0. The molecule has 0 N–H and O–H groups in total. The lowest BCUT2D eigenvalue weighted by atomic mass is 9.70. The van der Waals surface area contributed by atoms with Gasteiger partial charge in [-0.05, 0) is 129 Å². The van der Waals surface area contributed by atoms with Crippen LogP contribution < -0.4 is 4.90 Å². The normalized spacial score (nSPS) is 13.2. The van der Waals surface area contributed by atoms with Gasteiger partial charge in [-0.3, -0.25) is 0 Å². The Kier molecular flexibility index (Phi) is 7.13. The lowest BCUT2D eigenvalue weighted by Crippen LogP contribution is -2.26. The van der Waals surface area contributed by atoms with Gasteiger partial charge in [0, 0.05) is 26.5 Å². The summed E-state index contributed by atoms with van der Waals surface area (Å²) in [6.07, 6.45) is 0. The second-order valence-electron chi connectivity index (χ2n) is 16.2. The topological polar surface area (TPSA) is 3.24 Å². The Bertz CT molecular complexity index is 3260. The van der Waals surface area contributed by atoms with Gasteiger partial charge in [0.2, 0.25) is 0 Å². The maximum atomic E-state index is 2.57. The maximum Gasteiger partial charge on any atom is 0.0726 e. The summed E-state index contributed by atoms with van der Waals surface area (Å²) in [4.78, 5) is 2.54. The van der Waals surface area contributed by atoms with Gasteiger partial charge >= 0.3 is 0 Å². The van der Waals surface area contributed by atoms with E-state index in [0.29, 0.717) is 0 Å². The first-order valence-corrected chi connectivity index (χ1v) is 21.1. The summed E-state index contributed by atoms with van der Waals surface area (Å²) in [6, 6.07) is 68.7. The molecule has 0 bridgehead atoms. The van der Waals surface area contributed by atoms with Gasteiger partial charge in [-0.15, -0.1) is 11.3 Å². The minimum Gasteiger partial charge on any atom is -0.308 e. The van der Waals surface area contributed by atoms with Crippen LogP contribution in [0.2, 0.25) is 0 Å². The third-order valence-electron chi connectivity index (χ3n) is 12.9. The Morgan fingerprint density at radius 3 is 1.78 bits per heavy atom. The van der Waals surface area contributed by atoms with E-state index in [1.165, 1.54) is 115 Å². The van der Waals surface area contributed by atoms with Gasteiger partial charge in [0.05, 0.1) is 21.5 Å². The van der Waals surface area contributed by atoms with E-state index >= 15 is 0 Å². The molecule has 1 spiro atoms. The van der Waals surface area contributed by atoms with E-state index in [-0.39, 0.29) is 0 Å². The molecular formula is C56H39NS. The van der Waals surface area contributed by atoms with Gasteiger partial charge in [-0.25, -0.2) is 0 Å². The SMILES string of the molecule is Cc1cc(C)c(-c2ccc3c(c2)C2(c4ccccc4-c4ccccc42)c2cc(N(c4ccccc4)c4cccc5c4sc4ccccc45)c4ccccc4c2-3)c(C)c1. The van der Waals surface area contributed by atoms with Crippen molar-refractivity contribution in [2.45, 2.75) is 26.2 Å². The average molecular weight is 758 g/mol. The van der Waals surface area contributed by atoms with E-state index in [2.05, 4.69) is 208 Å². The molecule has 10 aromatic rings. The van der Waals surface area contributed by atoms with Crippen LogP contribution in [0.5, 0.6) is 0 Å². The van der Waals surface area contributed by atoms with Crippen molar-refractivity contribution in [3.63, 3.8) is 0 Å². The van der Waals surface area contributed by atoms with Crippen molar-refractivity contribution in [1.29, 1.82) is 0 Å². The molecule has 0 unspecified atom stereocenters.